The molecule has 0 spiro atoms. The average Bonchev–Trinajstić information content (AvgIpc) is 4.11. The van der Waals surface area contributed by atoms with Crippen molar-refractivity contribution in [1.29, 1.82) is 0 Å². The maximum Gasteiger partial charge on any atom is 0.159 e. The molecule has 0 aliphatic rings. The van der Waals surface area contributed by atoms with E-state index in [0.29, 0.717) is 0 Å². The van der Waals surface area contributed by atoms with E-state index in [9.17, 15) is 0 Å². The molecule has 270 valence electrons. The Morgan fingerprint density at radius 2 is 0.759 bits per heavy atom. The van der Waals surface area contributed by atoms with Crippen molar-refractivity contribution in [2.75, 3.05) is 0 Å². The van der Waals surface area contributed by atoms with Crippen LogP contribution in [0.5, 0.6) is 0 Å². The van der Waals surface area contributed by atoms with E-state index in [1.54, 1.807) is 0 Å². The van der Waals surface area contributed by atoms with Crippen LogP contribution in [0.4, 0.5) is 0 Å². The van der Waals surface area contributed by atoms with E-state index >= 15 is 0 Å². The minimum atomic E-state index is 0.905. The molecule has 8 aromatic carbocycles. The summed E-state index contributed by atoms with van der Waals surface area (Å²) in [4.78, 5) is 2.44. The molecule has 6 heterocycles. The highest BCUT2D eigenvalue weighted by Crippen LogP contribution is 2.48. The van der Waals surface area contributed by atoms with Crippen molar-refractivity contribution >= 4 is 129 Å². The summed E-state index contributed by atoms with van der Waals surface area (Å²) in [5.41, 5.74) is 10.4. The zero-order valence-corrected chi connectivity index (χ0v) is 32.3. The Hall–Kier alpha value is -7.12. The lowest BCUT2D eigenvalue weighted by Gasteiger charge is -2.10. The summed E-state index contributed by atoms with van der Waals surface area (Å²) < 4.78 is 20.6. The van der Waals surface area contributed by atoms with E-state index in [4.69, 9.17) is 8.83 Å². The van der Waals surface area contributed by atoms with Gasteiger partial charge in [-0.05, 0) is 71.8 Å². The van der Waals surface area contributed by atoms with Gasteiger partial charge in [0.2, 0.25) is 0 Å². The fourth-order valence-electron chi connectivity index (χ4n) is 9.64. The van der Waals surface area contributed by atoms with Gasteiger partial charge >= 0.3 is 0 Å². The topological polar surface area (TPSA) is 36.1 Å². The minimum Gasteiger partial charge on any atom is -0.454 e. The highest BCUT2D eigenvalue weighted by Gasteiger charge is 2.24. The first-order valence-corrected chi connectivity index (χ1v) is 21.1. The summed E-state index contributed by atoms with van der Waals surface area (Å²) in [6.07, 6.45) is 0. The molecule has 6 heteroatoms. The van der Waals surface area contributed by atoms with Gasteiger partial charge in [0.05, 0.1) is 22.4 Å². The maximum atomic E-state index is 6.62. The van der Waals surface area contributed by atoms with Gasteiger partial charge < -0.3 is 8.83 Å². The molecule has 14 aromatic rings. The van der Waals surface area contributed by atoms with Crippen LogP contribution in [0.2, 0.25) is 0 Å². The van der Waals surface area contributed by atoms with Crippen molar-refractivity contribution in [1.82, 2.24) is 9.13 Å². The fraction of sp³-hybridized carbons (Fsp3) is 0. The number of thiophene rings is 2. The standard InChI is InChI=1S/C52H28N2O2S2/c1-5-19-43-31(11-1)33-15-9-17-41(49(33)55-43)53-39-25-23-29(27-37(39)47-35-13-3-7-21-45(35)57-51(47)53)30-24-26-40-38(28-30)48-36-14-4-8-22-46(36)58-52(48)54(40)42-18-10-16-34-32-12-2-6-20-44(32)56-50(34)42/h1-28H. The van der Waals surface area contributed by atoms with E-state index in [2.05, 4.69) is 167 Å². The Morgan fingerprint density at radius 1 is 0.345 bits per heavy atom. The lowest BCUT2D eigenvalue weighted by molar-refractivity contribution is 0.666. The number of benzene rings is 8. The highest BCUT2D eigenvalue weighted by atomic mass is 32.1. The monoisotopic (exact) mass is 776 g/mol. The van der Waals surface area contributed by atoms with Gasteiger partial charge in [0.1, 0.15) is 20.8 Å². The van der Waals surface area contributed by atoms with E-state index in [-0.39, 0.29) is 0 Å². The molecule has 14 rings (SSSR count). The van der Waals surface area contributed by atoms with Crippen LogP contribution in [-0.2, 0) is 0 Å². The number of nitrogens with zero attached hydrogens (tertiary/aromatic N) is 2. The summed E-state index contributed by atoms with van der Waals surface area (Å²) in [6, 6.07) is 61.3. The third kappa shape index (κ3) is 4.02. The molecule has 0 aliphatic heterocycles. The average molecular weight is 777 g/mol. The van der Waals surface area contributed by atoms with Crippen molar-refractivity contribution in [3.05, 3.63) is 170 Å². The van der Waals surface area contributed by atoms with Gasteiger partial charge in [-0.25, -0.2) is 0 Å². The molecule has 0 bridgehead atoms. The number of fused-ring (bicyclic) bond motifs is 16. The van der Waals surface area contributed by atoms with Crippen LogP contribution in [0, 0.1) is 0 Å². The zero-order chi connectivity index (χ0) is 37.6. The molecule has 0 N–H and O–H groups in total. The van der Waals surface area contributed by atoms with E-state index in [1.807, 2.05) is 34.8 Å². The molecule has 0 aliphatic carbocycles. The number of para-hydroxylation sites is 4. The minimum absolute atomic E-state index is 0.905. The van der Waals surface area contributed by atoms with Crippen molar-refractivity contribution in [2.45, 2.75) is 0 Å². The first-order valence-electron chi connectivity index (χ1n) is 19.5. The number of hydrogen-bond donors (Lipinski definition) is 0. The van der Waals surface area contributed by atoms with Gasteiger partial charge in [0.25, 0.3) is 0 Å². The second kappa shape index (κ2) is 11.3. The SMILES string of the molecule is c1ccc2c(c1)oc1c(-n3c4ccc(-c5ccc6c(c5)c5c7ccccc7sc5n6-c5cccc6c5oc5ccccc56)cc4c4c5ccccc5sc43)cccc12. The van der Waals surface area contributed by atoms with Crippen LogP contribution in [-0.4, -0.2) is 9.13 Å². The van der Waals surface area contributed by atoms with Gasteiger partial charge in [0, 0.05) is 63.3 Å². The molecular formula is C52H28N2O2S2. The predicted octanol–water partition coefficient (Wildman–Crippen LogP) is 15.8. The molecule has 58 heavy (non-hydrogen) atoms. The summed E-state index contributed by atoms with van der Waals surface area (Å²) in [5, 5.41) is 12.1. The van der Waals surface area contributed by atoms with Crippen molar-refractivity contribution in [3.8, 4) is 22.5 Å². The molecule has 0 fully saturated rings. The number of furan rings is 2. The Labute approximate surface area is 337 Å². The second-order valence-corrected chi connectivity index (χ2v) is 17.3. The Kier molecular flexibility index (Phi) is 6.02. The zero-order valence-electron chi connectivity index (χ0n) is 30.7. The van der Waals surface area contributed by atoms with Gasteiger partial charge in [-0.3, -0.25) is 9.13 Å². The molecule has 0 atom stereocenters. The molecule has 0 saturated heterocycles. The second-order valence-electron chi connectivity index (χ2n) is 15.2. The molecule has 0 amide bonds. The van der Waals surface area contributed by atoms with Crippen molar-refractivity contribution < 1.29 is 8.83 Å². The van der Waals surface area contributed by atoms with Gasteiger partial charge in [-0.2, -0.15) is 0 Å². The first-order chi connectivity index (χ1) is 28.8. The summed E-state index contributed by atoms with van der Waals surface area (Å²) >= 11 is 3.69. The predicted molar refractivity (Wildman–Crippen MR) is 246 cm³/mol. The molecule has 4 nitrogen and oxygen atoms in total. The van der Waals surface area contributed by atoms with Crippen LogP contribution in [0.3, 0.4) is 0 Å². The Morgan fingerprint density at radius 3 is 1.24 bits per heavy atom. The van der Waals surface area contributed by atoms with Gasteiger partial charge in [-0.15, -0.1) is 22.7 Å². The fourth-order valence-corrected chi connectivity index (χ4v) is 12.1. The smallest absolute Gasteiger partial charge is 0.159 e. The van der Waals surface area contributed by atoms with Crippen molar-refractivity contribution in [2.24, 2.45) is 0 Å². The van der Waals surface area contributed by atoms with E-state index < -0.39 is 0 Å². The van der Waals surface area contributed by atoms with Crippen LogP contribution >= 0.6 is 22.7 Å². The van der Waals surface area contributed by atoms with Crippen molar-refractivity contribution in [3.63, 3.8) is 0 Å². The Balaban J connectivity index is 1.03. The highest BCUT2D eigenvalue weighted by molar-refractivity contribution is 7.26. The van der Waals surface area contributed by atoms with E-state index in [0.717, 1.165) is 55.3 Å². The van der Waals surface area contributed by atoms with Gasteiger partial charge in [-0.1, -0.05) is 109 Å². The molecular weight excluding hydrogens is 749 g/mol. The summed E-state index contributed by atoms with van der Waals surface area (Å²) in [7, 11) is 0. The first kappa shape index (κ1) is 31.0. The van der Waals surface area contributed by atoms with Crippen LogP contribution < -0.4 is 0 Å². The normalized spacial score (nSPS) is 12.5. The third-order valence-electron chi connectivity index (χ3n) is 12.2. The number of aromatic nitrogens is 2. The lowest BCUT2D eigenvalue weighted by Crippen LogP contribution is -1.93. The third-order valence-corrected chi connectivity index (χ3v) is 14.5. The number of rotatable bonds is 3. The van der Waals surface area contributed by atoms with Crippen LogP contribution in [0.1, 0.15) is 0 Å². The molecule has 6 aromatic heterocycles. The van der Waals surface area contributed by atoms with Crippen LogP contribution in [0.15, 0.2) is 179 Å². The number of hydrogen-bond acceptors (Lipinski definition) is 4. The maximum absolute atomic E-state index is 6.62. The van der Waals surface area contributed by atoms with E-state index in [1.165, 1.54) is 73.5 Å². The summed E-state index contributed by atoms with van der Waals surface area (Å²) in [5.74, 6) is 0. The largest absolute Gasteiger partial charge is 0.454 e. The quantitative estimate of drug-likeness (QED) is 0.179. The molecule has 0 radical (unpaired) electrons. The lowest BCUT2D eigenvalue weighted by atomic mass is 10.00. The summed E-state index contributed by atoms with van der Waals surface area (Å²) in [6.45, 7) is 0. The molecule has 0 unspecified atom stereocenters. The Bertz CT molecular complexity index is 3790. The van der Waals surface area contributed by atoms with Crippen LogP contribution in [0.25, 0.3) is 129 Å². The molecule has 0 saturated carbocycles. The van der Waals surface area contributed by atoms with Gasteiger partial charge in [0.15, 0.2) is 11.2 Å².